The van der Waals surface area contributed by atoms with Gasteiger partial charge >= 0.3 is 0 Å². The van der Waals surface area contributed by atoms with Crippen molar-refractivity contribution in [3.63, 3.8) is 0 Å². The van der Waals surface area contributed by atoms with Crippen LogP contribution in [-0.4, -0.2) is 20.2 Å². The highest BCUT2D eigenvalue weighted by atomic mass is 32.2. The molecule has 0 bridgehead atoms. The lowest BCUT2D eigenvalue weighted by Gasteiger charge is -2.03. The van der Waals surface area contributed by atoms with E-state index in [4.69, 9.17) is 4.42 Å². The number of hydrogen-bond donors (Lipinski definition) is 1. The normalized spacial score (nSPS) is 11.4. The van der Waals surface area contributed by atoms with Gasteiger partial charge in [-0.2, -0.15) is 0 Å². The van der Waals surface area contributed by atoms with Crippen LogP contribution in [0.2, 0.25) is 0 Å². The summed E-state index contributed by atoms with van der Waals surface area (Å²) in [7, 11) is 0. The summed E-state index contributed by atoms with van der Waals surface area (Å²) >= 11 is 1.52. The summed E-state index contributed by atoms with van der Waals surface area (Å²) in [5.41, 5.74) is 4.14. The molecule has 0 amide bonds. The van der Waals surface area contributed by atoms with Crippen LogP contribution in [0.4, 0.5) is 0 Å². The number of para-hydroxylation sites is 2. The average Bonchev–Trinajstić information content (AvgIpc) is 3.33. The lowest BCUT2D eigenvalue weighted by molar-refractivity contribution is 0.466. The van der Waals surface area contributed by atoms with Crippen LogP contribution in [-0.2, 0) is 5.75 Å². The molecule has 0 spiro atoms. The first-order chi connectivity index (χ1) is 12.9. The second kappa shape index (κ2) is 6.31. The minimum absolute atomic E-state index is 0.529. The predicted molar refractivity (Wildman–Crippen MR) is 103 cm³/mol. The predicted octanol–water partition coefficient (Wildman–Crippen LogP) is 5.06. The van der Waals surface area contributed by atoms with E-state index < -0.39 is 0 Å². The molecule has 26 heavy (non-hydrogen) atoms. The number of aromatic amines is 1. The maximum atomic E-state index is 5.87. The van der Waals surface area contributed by atoms with Crippen molar-refractivity contribution in [1.29, 1.82) is 0 Å². The van der Waals surface area contributed by atoms with Gasteiger partial charge in [0.25, 0.3) is 11.1 Å². The van der Waals surface area contributed by atoms with Crippen LogP contribution in [0, 0.1) is 0 Å². The maximum absolute atomic E-state index is 5.87. The van der Waals surface area contributed by atoms with E-state index in [1.54, 1.807) is 0 Å². The summed E-state index contributed by atoms with van der Waals surface area (Å²) in [5.74, 6) is 1.25. The Labute approximate surface area is 153 Å². The van der Waals surface area contributed by atoms with E-state index in [1.165, 1.54) is 11.8 Å². The quantitative estimate of drug-likeness (QED) is 0.455. The zero-order valence-corrected chi connectivity index (χ0v) is 14.5. The average molecular weight is 358 g/mol. The van der Waals surface area contributed by atoms with Crippen molar-refractivity contribution in [2.75, 3.05) is 0 Å². The van der Waals surface area contributed by atoms with Crippen LogP contribution < -0.4 is 0 Å². The Morgan fingerprint density at radius 1 is 0.962 bits per heavy atom. The Kier molecular flexibility index (Phi) is 3.68. The van der Waals surface area contributed by atoms with E-state index in [0.717, 1.165) is 38.7 Å². The van der Waals surface area contributed by atoms with Gasteiger partial charge in [-0.05, 0) is 17.7 Å². The largest absolute Gasteiger partial charge is 0.411 e. The molecule has 6 heteroatoms. The second-order valence-corrected chi connectivity index (χ2v) is 6.83. The molecule has 3 aromatic heterocycles. The van der Waals surface area contributed by atoms with Gasteiger partial charge in [-0.1, -0.05) is 54.2 Å². The van der Waals surface area contributed by atoms with Gasteiger partial charge < -0.3 is 9.40 Å². The van der Waals surface area contributed by atoms with Crippen LogP contribution >= 0.6 is 11.8 Å². The van der Waals surface area contributed by atoms with Crippen LogP contribution in [0.5, 0.6) is 0 Å². The Hall–Kier alpha value is -3.12. The molecule has 0 saturated heterocycles. The van der Waals surface area contributed by atoms with E-state index in [1.807, 2.05) is 48.8 Å². The number of pyridine rings is 1. The minimum Gasteiger partial charge on any atom is -0.411 e. The molecular weight excluding hydrogens is 344 g/mol. The first-order valence-electron chi connectivity index (χ1n) is 8.24. The van der Waals surface area contributed by atoms with Crippen molar-refractivity contribution in [2.45, 2.75) is 11.0 Å². The molecule has 5 rings (SSSR count). The number of hydrogen-bond acceptors (Lipinski definition) is 5. The summed E-state index contributed by atoms with van der Waals surface area (Å²) in [6.07, 6.45) is 3.72. The van der Waals surface area contributed by atoms with Gasteiger partial charge in [0.15, 0.2) is 0 Å². The van der Waals surface area contributed by atoms with Crippen LogP contribution in [0.3, 0.4) is 0 Å². The van der Waals surface area contributed by atoms with E-state index in [9.17, 15) is 0 Å². The first-order valence-corrected chi connectivity index (χ1v) is 9.22. The highest BCUT2D eigenvalue weighted by molar-refractivity contribution is 7.98. The number of thioether (sulfide) groups is 1. The third-order valence-electron chi connectivity index (χ3n) is 4.29. The fourth-order valence-electron chi connectivity index (χ4n) is 3.05. The zero-order chi connectivity index (χ0) is 17.3. The van der Waals surface area contributed by atoms with Crippen LogP contribution in [0.15, 0.2) is 76.6 Å². The highest BCUT2D eigenvalue weighted by Gasteiger charge is 2.14. The number of nitrogens with zero attached hydrogens (tertiary/aromatic N) is 3. The van der Waals surface area contributed by atoms with Crippen LogP contribution in [0.25, 0.3) is 33.3 Å². The Bertz CT molecular complexity index is 1210. The summed E-state index contributed by atoms with van der Waals surface area (Å²) in [6.45, 7) is 0. The molecule has 3 heterocycles. The van der Waals surface area contributed by atoms with Gasteiger partial charge in [0.1, 0.15) is 0 Å². The monoisotopic (exact) mass is 358 g/mol. The Balaban J connectivity index is 1.41. The van der Waals surface area contributed by atoms with Crippen molar-refractivity contribution in [2.24, 2.45) is 0 Å². The lowest BCUT2D eigenvalue weighted by Crippen LogP contribution is -1.86. The number of nitrogens with one attached hydrogen (secondary N) is 1. The number of aromatic nitrogens is 4. The molecule has 5 nitrogen and oxygen atoms in total. The number of rotatable bonds is 4. The number of fused-ring (bicyclic) bond motifs is 2. The Morgan fingerprint density at radius 2 is 1.88 bits per heavy atom. The molecule has 2 aromatic carbocycles. The summed E-state index contributed by atoms with van der Waals surface area (Å²) in [5, 5.41) is 11.2. The molecule has 0 aliphatic carbocycles. The van der Waals surface area contributed by atoms with Crippen LogP contribution in [0.1, 0.15) is 5.56 Å². The van der Waals surface area contributed by atoms with Gasteiger partial charge in [0.2, 0.25) is 0 Å². The third kappa shape index (κ3) is 2.64. The first kappa shape index (κ1) is 15.2. The molecular formula is C20H14N4OS. The molecule has 0 saturated carbocycles. The summed E-state index contributed by atoms with van der Waals surface area (Å²) in [6, 6.07) is 18.3. The molecule has 0 aliphatic rings. The standard InChI is InChI=1S/C20H14N4OS/c1-2-9-17-15(8-1)16(11-22-17)19-23-24-20(25-19)26-12-14-6-3-5-13-7-4-10-21-18(13)14/h1-11,22H,12H2. The maximum Gasteiger partial charge on any atom is 0.277 e. The van der Waals surface area contributed by atoms with Crippen molar-refractivity contribution in [1.82, 2.24) is 20.2 Å². The zero-order valence-electron chi connectivity index (χ0n) is 13.7. The van der Waals surface area contributed by atoms with E-state index in [0.29, 0.717) is 11.1 Å². The van der Waals surface area contributed by atoms with Gasteiger partial charge in [0, 0.05) is 34.4 Å². The second-order valence-electron chi connectivity index (χ2n) is 5.90. The SMILES string of the molecule is c1cnc2c(CSc3nnc(-c4c[nH]c5ccccc45)o3)cccc2c1. The van der Waals surface area contributed by atoms with Crippen molar-refractivity contribution >= 4 is 33.6 Å². The van der Waals surface area contributed by atoms with E-state index >= 15 is 0 Å². The van der Waals surface area contributed by atoms with Gasteiger partial charge in [0.05, 0.1) is 11.1 Å². The lowest BCUT2D eigenvalue weighted by atomic mass is 10.1. The van der Waals surface area contributed by atoms with Crippen molar-refractivity contribution in [3.8, 4) is 11.5 Å². The van der Waals surface area contributed by atoms with E-state index in [-0.39, 0.29) is 0 Å². The van der Waals surface area contributed by atoms with Crippen molar-refractivity contribution in [3.05, 3.63) is 72.6 Å². The minimum atomic E-state index is 0.529. The molecule has 1 N–H and O–H groups in total. The molecule has 0 fully saturated rings. The highest BCUT2D eigenvalue weighted by Crippen LogP contribution is 2.31. The molecule has 5 aromatic rings. The summed E-state index contributed by atoms with van der Waals surface area (Å²) < 4.78 is 5.87. The molecule has 0 atom stereocenters. The van der Waals surface area contributed by atoms with Gasteiger partial charge in [-0.15, -0.1) is 10.2 Å². The summed E-state index contributed by atoms with van der Waals surface area (Å²) in [4.78, 5) is 7.72. The third-order valence-corrected chi connectivity index (χ3v) is 5.16. The van der Waals surface area contributed by atoms with E-state index in [2.05, 4.69) is 38.4 Å². The smallest absolute Gasteiger partial charge is 0.277 e. The molecule has 0 unspecified atom stereocenters. The Morgan fingerprint density at radius 3 is 2.88 bits per heavy atom. The fourth-order valence-corrected chi connectivity index (χ4v) is 3.80. The molecule has 0 aliphatic heterocycles. The topological polar surface area (TPSA) is 67.6 Å². The molecule has 0 radical (unpaired) electrons. The van der Waals surface area contributed by atoms with Gasteiger partial charge in [-0.25, -0.2) is 0 Å². The fraction of sp³-hybridized carbons (Fsp3) is 0.0500. The number of H-pyrrole nitrogens is 1. The van der Waals surface area contributed by atoms with Gasteiger partial charge in [-0.3, -0.25) is 4.98 Å². The van der Waals surface area contributed by atoms with Crippen molar-refractivity contribution < 1.29 is 4.42 Å². The number of benzene rings is 2. The molecule has 126 valence electrons.